The first-order valence-corrected chi connectivity index (χ1v) is 8.84. The summed E-state index contributed by atoms with van der Waals surface area (Å²) in [4.78, 5) is 0. The first-order chi connectivity index (χ1) is 9.54. The van der Waals surface area contributed by atoms with Crippen molar-refractivity contribution in [2.75, 3.05) is 0 Å². The highest BCUT2D eigenvalue weighted by Gasteiger charge is 2.04. The van der Waals surface area contributed by atoms with E-state index in [1.807, 2.05) is 0 Å². The Morgan fingerprint density at radius 2 is 1.55 bits per heavy atom. The molecule has 0 amide bonds. The summed E-state index contributed by atoms with van der Waals surface area (Å²) in [6, 6.07) is 15.3. The van der Waals surface area contributed by atoms with Crippen LogP contribution in [0.15, 0.2) is 55.9 Å². The predicted octanol–water partition coefficient (Wildman–Crippen LogP) is 5.69. The summed E-state index contributed by atoms with van der Waals surface area (Å²) in [5.41, 5.74) is 2.63. The minimum Gasteiger partial charge on any atom is -0.310 e. The van der Waals surface area contributed by atoms with Gasteiger partial charge in [-0.05, 0) is 80.6 Å². The Morgan fingerprint density at radius 1 is 0.900 bits per heavy atom. The summed E-state index contributed by atoms with van der Waals surface area (Å²) in [5, 5.41) is 3.56. The average Bonchev–Trinajstić information content (AvgIpc) is 2.43. The zero-order valence-corrected chi connectivity index (χ0v) is 15.9. The third kappa shape index (κ3) is 4.99. The molecule has 0 saturated heterocycles. The predicted molar refractivity (Wildman–Crippen MR) is 96.0 cm³/mol. The van der Waals surface area contributed by atoms with E-state index < -0.39 is 0 Å². The molecular formula is C16H16Br3N. The van der Waals surface area contributed by atoms with Crippen LogP contribution < -0.4 is 5.32 Å². The molecule has 0 heterocycles. The molecule has 20 heavy (non-hydrogen) atoms. The zero-order chi connectivity index (χ0) is 14.5. The molecule has 0 radical (unpaired) electrons. The summed E-state index contributed by atoms with van der Waals surface area (Å²) >= 11 is 10.5. The van der Waals surface area contributed by atoms with Crippen LogP contribution in [0.5, 0.6) is 0 Å². The van der Waals surface area contributed by atoms with Gasteiger partial charge in [-0.1, -0.05) is 34.1 Å². The van der Waals surface area contributed by atoms with Crippen LogP contribution >= 0.6 is 47.8 Å². The van der Waals surface area contributed by atoms with Gasteiger partial charge in [0.2, 0.25) is 0 Å². The first-order valence-electron chi connectivity index (χ1n) is 6.46. The Kier molecular flexibility index (Phi) is 6.27. The molecule has 106 valence electrons. The largest absolute Gasteiger partial charge is 0.310 e. The fourth-order valence-electron chi connectivity index (χ4n) is 1.99. The van der Waals surface area contributed by atoms with E-state index in [9.17, 15) is 0 Å². The van der Waals surface area contributed by atoms with Crippen molar-refractivity contribution in [1.82, 2.24) is 5.32 Å². The maximum absolute atomic E-state index is 3.56. The molecule has 0 saturated carbocycles. The second-order valence-corrected chi connectivity index (χ2v) is 7.49. The Bertz CT molecular complexity index is 566. The van der Waals surface area contributed by atoms with Crippen molar-refractivity contribution in [2.45, 2.75) is 25.9 Å². The number of nitrogens with one attached hydrogen (secondary N) is 1. The molecule has 2 rings (SSSR count). The molecule has 0 aliphatic carbocycles. The summed E-state index contributed by atoms with van der Waals surface area (Å²) in [6.07, 6.45) is 1.03. The Morgan fingerprint density at radius 3 is 2.20 bits per heavy atom. The van der Waals surface area contributed by atoms with Gasteiger partial charge in [0.15, 0.2) is 0 Å². The molecule has 0 aliphatic heterocycles. The van der Waals surface area contributed by atoms with Gasteiger partial charge >= 0.3 is 0 Å². The summed E-state index contributed by atoms with van der Waals surface area (Å²) < 4.78 is 3.31. The van der Waals surface area contributed by atoms with Gasteiger partial charge in [0, 0.05) is 26.0 Å². The van der Waals surface area contributed by atoms with Crippen LogP contribution in [0.2, 0.25) is 0 Å². The van der Waals surface area contributed by atoms with E-state index in [0.29, 0.717) is 6.04 Å². The molecule has 1 atom stereocenters. The normalized spacial score (nSPS) is 12.4. The lowest BCUT2D eigenvalue weighted by Crippen LogP contribution is -2.27. The van der Waals surface area contributed by atoms with E-state index >= 15 is 0 Å². The Labute approximate surface area is 145 Å². The third-order valence-corrected chi connectivity index (χ3v) is 5.50. The van der Waals surface area contributed by atoms with Crippen LogP contribution in [0.4, 0.5) is 0 Å². The van der Waals surface area contributed by atoms with Gasteiger partial charge in [0.1, 0.15) is 0 Å². The molecule has 0 fully saturated rings. The smallest absolute Gasteiger partial charge is 0.0320 e. The van der Waals surface area contributed by atoms with Crippen molar-refractivity contribution in [3.63, 3.8) is 0 Å². The van der Waals surface area contributed by atoms with Gasteiger partial charge in [-0.2, -0.15) is 0 Å². The molecule has 0 bridgehead atoms. The van der Waals surface area contributed by atoms with Crippen molar-refractivity contribution >= 4 is 47.8 Å². The Hall–Kier alpha value is -0.160. The van der Waals surface area contributed by atoms with Crippen molar-refractivity contribution in [3.05, 3.63) is 67.0 Å². The number of hydrogen-bond donors (Lipinski definition) is 1. The quantitative estimate of drug-likeness (QED) is 0.602. The number of rotatable bonds is 5. The van der Waals surface area contributed by atoms with Crippen LogP contribution in [-0.2, 0) is 13.0 Å². The van der Waals surface area contributed by atoms with Crippen LogP contribution in [-0.4, -0.2) is 6.04 Å². The SMILES string of the molecule is CC(Cc1ccc(Br)cc1)NCc1ccc(Br)c(Br)c1. The molecule has 2 aromatic carbocycles. The average molecular weight is 462 g/mol. The Balaban J connectivity index is 1.86. The lowest BCUT2D eigenvalue weighted by Gasteiger charge is -2.14. The zero-order valence-electron chi connectivity index (χ0n) is 11.2. The number of halogens is 3. The van der Waals surface area contributed by atoms with E-state index in [1.54, 1.807) is 0 Å². The number of benzene rings is 2. The second-order valence-electron chi connectivity index (χ2n) is 4.86. The number of hydrogen-bond acceptors (Lipinski definition) is 1. The molecule has 0 aromatic heterocycles. The van der Waals surface area contributed by atoms with Crippen molar-refractivity contribution in [3.8, 4) is 0 Å². The molecule has 1 unspecified atom stereocenters. The van der Waals surface area contributed by atoms with Crippen LogP contribution in [0.3, 0.4) is 0 Å². The van der Waals surface area contributed by atoms with Gasteiger partial charge in [-0.15, -0.1) is 0 Å². The summed E-state index contributed by atoms with van der Waals surface area (Å²) in [6.45, 7) is 3.10. The lowest BCUT2D eigenvalue weighted by molar-refractivity contribution is 0.545. The molecule has 0 spiro atoms. The molecule has 1 nitrogen and oxygen atoms in total. The minimum atomic E-state index is 0.443. The van der Waals surface area contributed by atoms with Gasteiger partial charge < -0.3 is 5.32 Å². The van der Waals surface area contributed by atoms with Crippen LogP contribution in [0.25, 0.3) is 0 Å². The van der Waals surface area contributed by atoms with E-state index in [2.05, 4.69) is 102 Å². The van der Waals surface area contributed by atoms with E-state index in [4.69, 9.17) is 0 Å². The highest BCUT2D eigenvalue weighted by atomic mass is 79.9. The fraction of sp³-hybridized carbons (Fsp3) is 0.250. The molecule has 0 aliphatic rings. The van der Waals surface area contributed by atoms with Crippen molar-refractivity contribution in [2.24, 2.45) is 0 Å². The minimum absolute atomic E-state index is 0.443. The van der Waals surface area contributed by atoms with Gasteiger partial charge in [-0.3, -0.25) is 0 Å². The highest BCUT2D eigenvalue weighted by Crippen LogP contribution is 2.23. The van der Waals surface area contributed by atoms with Gasteiger partial charge in [0.25, 0.3) is 0 Å². The van der Waals surface area contributed by atoms with Gasteiger partial charge in [-0.25, -0.2) is 0 Å². The molecule has 4 heteroatoms. The van der Waals surface area contributed by atoms with Gasteiger partial charge in [0.05, 0.1) is 0 Å². The first kappa shape index (κ1) is 16.2. The van der Waals surface area contributed by atoms with E-state index in [1.165, 1.54) is 11.1 Å². The van der Waals surface area contributed by atoms with E-state index in [0.717, 1.165) is 26.4 Å². The molecule has 2 aromatic rings. The second kappa shape index (κ2) is 7.74. The highest BCUT2D eigenvalue weighted by molar-refractivity contribution is 9.13. The standard InChI is InChI=1S/C16H16Br3N/c1-11(8-12-2-5-14(17)6-3-12)20-10-13-4-7-15(18)16(19)9-13/h2-7,9,11,20H,8,10H2,1H3. The van der Waals surface area contributed by atoms with Crippen LogP contribution in [0, 0.1) is 0 Å². The summed E-state index contributed by atoms with van der Waals surface area (Å²) in [7, 11) is 0. The lowest BCUT2D eigenvalue weighted by atomic mass is 10.1. The van der Waals surface area contributed by atoms with Crippen molar-refractivity contribution < 1.29 is 0 Å². The topological polar surface area (TPSA) is 12.0 Å². The monoisotopic (exact) mass is 459 g/mol. The molecule has 1 N–H and O–H groups in total. The van der Waals surface area contributed by atoms with Crippen LogP contribution in [0.1, 0.15) is 18.1 Å². The summed E-state index contributed by atoms with van der Waals surface area (Å²) in [5.74, 6) is 0. The third-order valence-electron chi connectivity index (χ3n) is 3.09. The maximum atomic E-state index is 3.56. The van der Waals surface area contributed by atoms with Crippen molar-refractivity contribution in [1.29, 1.82) is 0 Å². The fourth-order valence-corrected chi connectivity index (χ4v) is 2.93. The maximum Gasteiger partial charge on any atom is 0.0320 e. The molecular weight excluding hydrogens is 446 g/mol. The van der Waals surface area contributed by atoms with E-state index in [-0.39, 0.29) is 0 Å².